The molecular weight excluding hydrogens is 286 g/mol. The summed E-state index contributed by atoms with van der Waals surface area (Å²) in [5.74, 6) is 0.609. The zero-order valence-corrected chi connectivity index (χ0v) is 12.1. The van der Waals surface area contributed by atoms with Crippen molar-refractivity contribution in [2.45, 2.75) is 11.6 Å². The molecule has 0 aliphatic heterocycles. The number of nitriles is 1. The fourth-order valence-corrected chi connectivity index (χ4v) is 2.16. The monoisotopic (exact) mass is 297 g/mol. The summed E-state index contributed by atoms with van der Waals surface area (Å²) in [5.41, 5.74) is 2.41. The zero-order valence-electron chi connectivity index (χ0n) is 11.2. The number of hydrogen-bond acceptors (Lipinski definition) is 6. The molecule has 0 atom stereocenters. The lowest BCUT2D eigenvalue weighted by molar-refractivity contribution is 0.651. The molecule has 0 saturated heterocycles. The average molecular weight is 297 g/mol. The number of hydrogen-bond donors (Lipinski definition) is 1. The van der Waals surface area contributed by atoms with Gasteiger partial charge in [-0.1, -0.05) is 12.1 Å². The van der Waals surface area contributed by atoms with Gasteiger partial charge in [0.05, 0.1) is 29.9 Å². The van der Waals surface area contributed by atoms with Crippen molar-refractivity contribution in [2.75, 3.05) is 0 Å². The molecule has 0 bridgehead atoms. The van der Waals surface area contributed by atoms with E-state index in [0.717, 1.165) is 11.1 Å². The number of aromatic nitrogens is 6. The van der Waals surface area contributed by atoms with Crippen molar-refractivity contribution in [3.05, 3.63) is 41.6 Å². The van der Waals surface area contributed by atoms with Crippen LogP contribution in [0.3, 0.4) is 0 Å². The normalized spacial score (nSPS) is 10.5. The maximum atomic E-state index is 8.81. The van der Waals surface area contributed by atoms with E-state index in [4.69, 9.17) is 5.26 Å². The van der Waals surface area contributed by atoms with Crippen LogP contribution in [0.2, 0.25) is 0 Å². The second-order valence-electron chi connectivity index (χ2n) is 4.47. The van der Waals surface area contributed by atoms with E-state index < -0.39 is 0 Å². The van der Waals surface area contributed by atoms with Crippen LogP contribution in [-0.2, 0) is 13.6 Å². The Balaban J connectivity index is 1.92. The van der Waals surface area contributed by atoms with Crippen LogP contribution in [-0.4, -0.2) is 30.0 Å². The fourth-order valence-electron chi connectivity index (χ4n) is 1.95. The SMILES string of the molecule is Cn1ncc(-c2nnnn2Cc2ccc(C#N)cc2)c1S. The Morgan fingerprint density at radius 3 is 2.67 bits per heavy atom. The van der Waals surface area contributed by atoms with Crippen molar-refractivity contribution in [3.63, 3.8) is 0 Å². The lowest BCUT2D eigenvalue weighted by Crippen LogP contribution is -2.04. The van der Waals surface area contributed by atoms with Crippen LogP contribution >= 0.6 is 12.6 Å². The smallest absolute Gasteiger partial charge is 0.186 e. The predicted molar refractivity (Wildman–Crippen MR) is 77.5 cm³/mol. The van der Waals surface area contributed by atoms with Gasteiger partial charge in [0.2, 0.25) is 0 Å². The summed E-state index contributed by atoms with van der Waals surface area (Å²) in [4.78, 5) is 0. The molecule has 8 heteroatoms. The predicted octanol–water partition coefficient (Wildman–Crippen LogP) is 1.28. The molecule has 0 aliphatic carbocycles. The van der Waals surface area contributed by atoms with E-state index in [1.807, 2.05) is 12.1 Å². The summed E-state index contributed by atoms with van der Waals surface area (Å²) >= 11 is 4.40. The van der Waals surface area contributed by atoms with Gasteiger partial charge >= 0.3 is 0 Å². The minimum atomic E-state index is 0.510. The van der Waals surface area contributed by atoms with Gasteiger partial charge in [-0.15, -0.1) is 17.7 Å². The van der Waals surface area contributed by atoms with Crippen LogP contribution in [0.1, 0.15) is 11.1 Å². The molecule has 3 aromatic rings. The first-order valence-corrected chi connectivity index (χ1v) is 6.60. The van der Waals surface area contributed by atoms with Gasteiger partial charge in [-0.25, -0.2) is 4.68 Å². The Bertz CT molecular complexity index is 810. The van der Waals surface area contributed by atoms with Crippen LogP contribution in [0.25, 0.3) is 11.4 Å². The highest BCUT2D eigenvalue weighted by Crippen LogP contribution is 2.23. The first-order valence-electron chi connectivity index (χ1n) is 6.15. The Hall–Kier alpha value is -2.66. The standard InChI is InChI=1S/C13H11N7S/c1-19-13(21)11(7-15-19)12-16-17-18-20(12)8-10-4-2-9(6-14)3-5-10/h2-5,7,21H,8H2,1H3. The number of benzene rings is 1. The minimum Gasteiger partial charge on any atom is -0.262 e. The molecule has 2 aromatic heterocycles. The van der Waals surface area contributed by atoms with Gasteiger partial charge in [-0.05, 0) is 28.1 Å². The minimum absolute atomic E-state index is 0.510. The molecule has 21 heavy (non-hydrogen) atoms. The Morgan fingerprint density at radius 2 is 2.05 bits per heavy atom. The first kappa shape index (κ1) is 13.3. The maximum Gasteiger partial charge on any atom is 0.186 e. The number of tetrazole rings is 1. The van der Waals surface area contributed by atoms with Gasteiger partial charge in [0.1, 0.15) is 5.03 Å². The molecule has 0 fully saturated rings. The number of rotatable bonds is 3. The molecule has 0 amide bonds. The van der Waals surface area contributed by atoms with Crippen LogP contribution in [0.5, 0.6) is 0 Å². The van der Waals surface area contributed by atoms with Gasteiger partial charge < -0.3 is 0 Å². The quantitative estimate of drug-likeness (QED) is 0.736. The molecule has 104 valence electrons. The molecule has 0 unspecified atom stereocenters. The molecule has 0 radical (unpaired) electrons. The van der Waals surface area contributed by atoms with Gasteiger partial charge in [0.15, 0.2) is 5.82 Å². The average Bonchev–Trinajstić information content (AvgIpc) is 3.08. The van der Waals surface area contributed by atoms with E-state index in [1.54, 1.807) is 34.7 Å². The topological polar surface area (TPSA) is 85.2 Å². The highest BCUT2D eigenvalue weighted by molar-refractivity contribution is 7.80. The molecule has 0 N–H and O–H groups in total. The van der Waals surface area contributed by atoms with Crippen molar-refractivity contribution in [1.29, 1.82) is 5.26 Å². The molecule has 0 saturated carbocycles. The van der Waals surface area contributed by atoms with Gasteiger partial charge in [-0.3, -0.25) is 4.68 Å². The van der Waals surface area contributed by atoms with E-state index in [1.165, 1.54) is 0 Å². The van der Waals surface area contributed by atoms with Crippen LogP contribution in [0.15, 0.2) is 35.5 Å². The van der Waals surface area contributed by atoms with Gasteiger partial charge in [-0.2, -0.15) is 10.4 Å². The second-order valence-corrected chi connectivity index (χ2v) is 4.90. The zero-order chi connectivity index (χ0) is 14.8. The van der Waals surface area contributed by atoms with Crippen LogP contribution < -0.4 is 0 Å². The number of aryl methyl sites for hydroxylation is 1. The molecular formula is C13H11N7S. The Morgan fingerprint density at radius 1 is 1.29 bits per heavy atom. The number of thiol groups is 1. The van der Waals surface area contributed by atoms with Crippen molar-refractivity contribution < 1.29 is 0 Å². The van der Waals surface area contributed by atoms with Gasteiger partial charge in [0.25, 0.3) is 0 Å². The second kappa shape index (κ2) is 5.38. The number of nitrogens with zero attached hydrogens (tertiary/aromatic N) is 7. The van der Waals surface area contributed by atoms with E-state index in [2.05, 4.69) is 39.3 Å². The van der Waals surface area contributed by atoms with E-state index in [9.17, 15) is 0 Å². The highest BCUT2D eigenvalue weighted by atomic mass is 32.1. The molecule has 3 rings (SSSR count). The van der Waals surface area contributed by atoms with E-state index in [-0.39, 0.29) is 0 Å². The van der Waals surface area contributed by atoms with Crippen LogP contribution in [0.4, 0.5) is 0 Å². The van der Waals surface area contributed by atoms with Crippen LogP contribution in [0, 0.1) is 11.3 Å². The van der Waals surface area contributed by atoms with E-state index >= 15 is 0 Å². The third-order valence-electron chi connectivity index (χ3n) is 3.10. The van der Waals surface area contributed by atoms with Crippen molar-refractivity contribution >= 4 is 12.6 Å². The summed E-state index contributed by atoms with van der Waals surface area (Å²) in [7, 11) is 1.81. The molecule has 0 spiro atoms. The molecule has 2 heterocycles. The van der Waals surface area contributed by atoms with Gasteiger partial charge in [0, 0.05) is 7.05 Å². The molecule has 1 aromatic carbocycles. The first-order chi connectivity index (χ1) is 10.2. The molecule has 0 aliphatic rings. The third-order valence-corrected chi connectivity index (χ3v) is 3.63. The highest BCUT2D eigenvalue weighted by Gasteiger charge is 2.15. The molecule has 7 nitrogen and oxygen atoms in total. The lowest BCUT2D eigenvalue weighted by atomic mass is 10.1. The summed E-state index contributed by atoms with van der Waals surface area (Å²) in [6.07, 6.45) is 1.68. The fraction of sp³-hybridized carbons (Fsp3) is 0.154. The summed E-state index contributed by atoms with van der Waals surface area (Å²) < 4.78 is 3.33. The van der Waals surface area contributed by atoms with Crippen molar-refractivity contribution in [1.82, 2.24) is 30.0 Å². The Kier molecular flexibility index (Phi) is 3.41. The maximum absolute atomic E-state index is 8.81. The van der Waals surface area contributed by atoms with Crippen molar-refractivity contribution in [2.24, 2.45) is 7.05 Å². The summed E-state index contributed by atoms with van der Waals surface area (Å²) in [6.45, 7) is 0.510. The lowest BCUT2D eigenvalue weighted by Gasteiger charge is -2.04. The Labute approximate surface area is 126 Å². The summed E-state index contributed by atoms with van der Waals surface area (Å²) in [5, 5.41) is 25.4. The largest absolute Gasteiger partial charge is 0.262 e. The van der Waals surface area contributed by atoms with Crippen molar-refractivity contribution in [3.8, 4) is 17.5 Å². The van der Waals surface area contributed by atoms with E-state index in [0.29, 0.717) is 23.0 Å². The summed E-state index contributed by atoms with van der Waals surface area (Å²) in [6, 6.07) is 9.40. The third kappa shape index (κ3) is 2.51.